The number of aromatic nitrogens is 2. The normalized spacial score (nSPS) is 28.7. The van der Waals surface area contributed by atoms with E-state index >= 15 is 0 Å². The zero-order valence-electron chi connectivity index (χ0n) is 18.4. The molecule has 3 atom stereocenters. The summed E-state index contributed by atoms with van der Waals surface area (Å²) in [5.74, 6) is -2.48. The highest BCUT2D eigenvalue weighted by Crippen LogP contribution is 2.63. The monoisotopic (exact) mass is 460 g/mol. The van der Waals surface area contributed by atoms with Crippen molar-refractivity contribution in [2.45, 2.75) is 45.2 Å². The summed E-state index contributed by atoms with van der Waals surface area (Å²) in [6.07, 6.45) is 1.98. The van der Waals surface area contributed by atoms with Gasteiger partial charge in [0.2, 0.25) is 0 Å². The lowest BCUT2D eigenvalue weighted by Gasteiger charge is -2.53. The lowest BCUT2D eigenvalue weighted by molar-refractivity contribution is -0.250. The molecule has 0 N–H and O–H groups in total. The van der Waals surface area contributed by atoms with Crippen molar-refractivity contribution in [2.24, 2.45) is 16.7 Å². The fourth-order valence-corrected chi connectivity index (χ4v) is 6.15. The molecule has 3 aliphatic carbocycles. The molecule has 3 aliphatic rings. The van der Waals surface area contributed by atoms with Gasteiger partial charge in [0.25, 0.3) is 0 Å². The highest BCUT2D eigenvalue weighted by atomic mass is 19.4. The van der Waals surface area contributed by atoms with Crippen LogP contribution in [-0.4, -0.2) is 29.0 Å². The van der Waals surface area contributed by atoms with Crippen molar-refractivity contribution < 1.29 is 27.1 Å². The number of allylic oxidation sites excluding steroid dienone is 3. The van der Waals surface area contributed by atoms with Gasteiger partial charge in [0.15, 0.2) is 5.41 Å². The number of halogens is 4. The van der Waals surface area contributed by atoms with Crippen LogP contribution in [0.2, 0.25) is 0 Å². The van der Waals surface area contributed by atoms with Crippen molar-refractivity contribution in [3.05, 3.63) is 64.8 Å². The molecule has 1 fully saturated rings. The van der Waals surface area contributed by atoms with E-state index in [0.29, 0.717) is 24.1 Å². The maximum Gasteiger partial charge on any atom is 0.405 e. The second kappa shape index (κ2) is 7.30. The number of ether oxygens (including phenoxy) is 1. The van der Waals surface area contributed by atoms with Crippen molar-refractivity contribution in [1.82, 2.24) is 9.78 Å². The fourth-order valence-electron chi connectivity index (χ4n) is 6.15. The summed E-state index contributed by atoms with van der Waals surface area (Å²) in [6.45, 7) is 1.97. The molecule has 174 valence electrons. The molecule has 1 aromatic carbocycles. The zero-order valence-corrected chi connectivity index (χ0v) is 18.4. The Hall–Kier alpha value is -2.90. The number of carbonyl (C=O) groups is 1. The van der Waals surface area contributed by atoms with E-state index in [0.717, 1.165) is 23.9 Å². The molecule has 4 nitrogen and oxygen atoms in total. The molecule has 5 rings (SSSR count). The summed E-state index contributed by atoms with van der Waals surface area (Å²) >= 11 is 0. The molecule has 0 unspecified atom stereocenters. The van der Waals surface area contributed by atoms with Crippen LogP contribution < -0.4 is 0 Å². The Morgan fingerprint density at radius 1 is 1.24 bits per heavy atom. The number of alkyl halides is 3. The van der Waals surface area contributed by atoms with E-state index in [2.05, 4.69) is 5.10 Å². The van der Waals surface area contributed by atoms with Gasteiger partial charge in [-0.15, -0.1) is 0 Å². The molecule has 33 heavy (non-hydrogen) atoms. The Balaban J connectivity index is 1.58. The van der Waals surface area contributed by atoms with Crippen LogP contribution in [0.25, 0.3) is 11.8 Å². The predicted molar refractivity (Wildman–Crippen MR) is 114 cm³/mol. The van der Waals surface area contributed by atoms with E-state index in [1.807, 2.05) is 19.1 Å². The summed E-state index contributed by atoms with van der Waals surface area (Å²) in [4.78, 5) is 12.6. The van der Waals surface area contributed by atoms with Gasteiger partial charge in [0, 0.05) is 11.3 Å². The topological polar surface area (TPSA) is 44.1 Å². The Labute approximate surface area is 188 Å². The molecule has 0 spiro atoms. The van der Waals surface area contributed by atoms with E-state index in [1.54, 1.807) is 23.0 Å². The van der Waals surface area contributed by atoms with Crippen LogP contribution in [0.5, 0.6) is 0 Å². The lowest BCUT2D eigenvalue weighted by atomic mass is 9.51. The minimum Gasteiger partial charge on any atom is -0.468 e. The molecule has 1 saturated carbocycles. The number of nitrogens with zero attached hydrogens (tertiary/aromatic N) is 2. The van der Waals surface area contributed by atoms with E-state index in [4.69, 9.17) is 4.74 Å². The van der Waals surface area contributed by atoms with Gasteiger partial charge in [-0.1, -0.05) is 24.1 Å². The quantitative estimate of drug-likeness (QED) is 0.323. The maximum atomic E-state index is 14.4. The fraction of sp³-hybridized carbons (Fsp3) is 0.440. The molecule has 0 bridgehead atoms. The lowest BCUT2D eigenvalue weighted by Crippen LogP contribution is -2.56. The molecular formula is C25H24F4N2O2. The minimum absolute atomic E-state index is 0.172. The smallest absolute Gasteiger partial charge is 0.405 e. The van der Waals surface area contributed by atoms with Crippen LogP contribution in [-0.2, 0) is 16.0 Å². The van der Waals surface area contributed by atoms with Crippen LogP contribution in [0.15, 0.2) is 47.7 Å². The van der Waals surface area contributed by atoms with Crippen molar-refractivity contribution in [1.29, 1.82) is 0 Å². The summed E-state index contributed by atoms with van der Waals surface area (Å²) in [5.41, 5.74) is 1.05. The number of hydrogen-bond acceptors (Lipinski definition) is 3. The molecule has 0 aliphatic heterocycles. The SMILES string of the molecule is COC(=O)[C@@]1(C(F)(F)F)CCC=C2[C@H]1CCC1=Cc3c(cnn3-c3ccc(F)cc3)C[C@@]12C. The van der Waals surface area contributed by atoms with E-state index in [1.165, 1.54) is 12.1 Å². The van der Waals surface area contributed by atoms with Gasteiger partial charge in [-0.2, -0.15) is 18.3 Å². The third kappa shape index (κ3) is 3.02. The Morgan fingerprint density at radius 2 is 1.97 bits per heavy atom. The second-order valence-corrected chi connectivity index (χ2v) is 9.37. The highest BCUT2D eigenvalue weighted by Gasteiger charge is 2.68. The van der Waals surface area contributed by atoms with E-state index in [9.17, 15) is 22.4 Å². The van der Waals surface area contributed by atoms with Gasteiger partial charge in [0.1, 0.15) is 5.82 Å². The van der Waals surface area contributed by atoms with E-state index in [-0.39, 0.29) is 25.1 Å². The average molecular weight is 460 g/mol. The van der Waals surface area contributed by atoms with Crippen molar-refractivity contribution in [3.8, 4) is 5.69 Å². The van der Waals surface area contributed by atoms with Gasteiger partial charge in [-0.3, -0.25) is 4.79 Å². The van der Waals surface area contributed by atoms with E-state index < -0.39 is 28.9 Å². The van der Waals surface area contributed by atoms with Gasteiger partial charge < -0.3 is 4.74 Å². The maximum absolute atomic E-state index is 14.4. The summed E-state index contributed by atoms with van der Waals surface area (Å²) < 4.78 is 63.1. The first-order chi connectivity index (χ1) is 15.6. The predicted octanol–water partition coefficient (Wildman–Crippen LogP) is 5.81. The molecule has 1 aromatic heterocycles. The van der Waals surface area contributed by atoms with Crippen molar-refractivity contribution in [3.63, 3.8) is 0 Å². The van der Waals surface area contributed by atoms with Crippen LogP contribution in [0.1, 0.15) is 43.9 Å². The zero-order chi connectivity index (χ0) is 23.6. The number of methoxy groups -OCH3 is 1. The largest absolute Gasteiger partial charge is 0.468 e. The average Bonchev–Trinajstić information content (AvgIpc) is 3.18. The molecule has 2 aromatic rings. The molecular weight excluding hydrogens is 436 g/mol. The standard InChI is InChI=1S/C25H24F4N2O2/c1-23-13-15-14-30-31(18-8-6-17(26)7-9-18)21(15)12-16(23)5-10-20-19(23)4-3-11-24(20,22(32)33-2)25(27,28)29/h4,6-9,12,14,20H,3,5,10-11,13H2,1-2H3/t20-,23+,24-/m1/s1. The third-order valence-corrected chi connectivity index (χ3v) is 7.79. The molecule has 8 heteroatoms. The van der Waals surface area contributed by atoms with Crippen LogP contribution >= 0.6 is 0 Å². The minimum atomic E-state index is -4.70. The van der Waals surface area contributed by atoms with Crippen molar-refractivity contribution in [2.75, 3.05) is 7.11 Å². The number of benzene rings is 1. The summed E-state index contributed by atoms with van der Waals surface area (Å²) in [6, 6.07) is 6.02. The van der Waals surface area contributed by atoms with Crippen LogP contribution in [0.3, 0.4) is 0 Å². The Kier molecular flexibility index (Phi) is 4.85. The van der Waals surface area contributed by atoms with Crippen LogP contribution in [0, 0.1) is 22.6 Å². The molecule has 0 amide bonds. The van der Waals surface area contributed by atoms with Gasteiger partial charge >= 0.3 is 12.1 Å². The third-order valence-electron chi connectivity index (χ3n) is 7.79. The van der Waals surface area contributed by atoms with Crippen LogP contribution in [0.4, 0.5) is 17.6 Å². The number of carbonyl (C=O) groups excluding carboxylic acids is 1. The molecule has 1 heterocycles. The second-order valence-electron chi connectivity index (χ2n) is 9.37. The first-order valence-corrected chi connectivity index (χ1v) is 11.0. The first kappa shape index (κ1) is 21.9. The Bertz CT molecular complexity index is 1180. The van der Waals surface area contributed by atoms with Gasteiger partial charge in [-0.25, -0.2) is 9.07 Å². The first-order valence-electron chi connectivity index (χ1n) is 11.0. The number of esters is 1. The van der Waals surface area contributed by atoms with Gasteiger partial charge in [0.05, 0.1) is 24.7 Å². The van der Waals surface area contributed by atoms with Gasteiger partial charge in [-0.05, 0) is 68.0 Å². The summed E-state index contributed by atoms with van der Waals surface area (Å²) in [5, 5.41) is 4.48. The highest BCUT2D eigenvalue weighted by molar-refractivity contribution is 5.80. The number of rotatable bonds is 2. The molecule has 0 saturated heterocycles. The molecule has 0 radical (unpaired) electrons. The number of hydrogen-bond donors (Lipinski definition) is 0. The van der Waals surface area contributed by atoms with Crippen molar-refractivity contribution >= 4 is 12.0 Å². The summed E-state index contributed by atoms with van der Waals surface area (Å²) in [7, 11) is 1.03. The Morgan fingerprint density at radius 3 is 2.64 bits per heavy atom. The number of fused-ring (bicyclic) bond motifs is 4.